The van der Waals surface area contributed by atoms with Crippen molar-refractivity contribution in [1.29, 1.82) is 0 Å². The molecule has 0 fully saturated rings. The maximum absolute atomic E-state index is 6.75. The van der Waals surface area contributed by atoms with Crippen LogP contribution < -0.4 is 15.0 Å². The Labute approximate surface area is 296 Å². The Kier molecular flexibility index (Phi) is 6.08. The van der Waals surface area contributed by atoms with Gasteiger partial charge in [-0.15, -0.1) is 0 Å². The second-order valence-corrected chi connectivity index (χ2v) is 13.7. The highest BCUT2D eigenvalue weighted by molar-refractivity contribution is 6.16. The molecule has 0 bridgehead atoms. The predicted molar refractivity (Wildman–Crippen MR) is 213 cm³/mol. The topological polar surface area (TPSA) is 24.5 Å². The predicted octanol–water partition coefficient (Wildman–Crippen LogP) is 12.8. The lowest BCUT2D eigenvalue weighted by atomic mass is 9.97. The first-order valence-corrected chi connectivity index (χ1v) is 17.7. The van der Waals surface area contributed by atoms with Crippen molar-refractivity contribution >= 4 is 65.8 Å². The van der Waals surface area contributed by atoms with Crippen molar-refractivity contribution in [3.63, 3.8) is 0 Å². The van der Waals surface area contributed by atoms with Gasteiger partial charge in [0, 0.05) is 27.7 Å². The molecular formula is C48H32N2O. The van der Waals surface area contributed by atoms with E-state index in [4.69, 9.17) is 4.74 Å². The Balaban J connectivity index is 1.17. The van der Waals surface area contributed by atoms with Gasteiger partial charge in [-0.3, -0.25) is 0 Å². The monoisotopic (exact) mass is 652 g/mol. The Bertz CT molecular complexity index is 2860. The van der Waals surface area contributed by atoms with Crippen molar-refractivity contribution in [1.82, 2.24) is 0 Å². The van der Waals surface area contributed by atoms with E-state index >= 15 is 0 Å². The standard InChI is InChI=1S/C48H32N2O/c1-2-10-32(11-3-1)48-49-44-25-22-31-19-18-30-20-23-37(29-43(30)46(31)47(44)51-48)50(36-24-21-35-26-33-12-4-7-15-39(33)42(35)28-36)45-27-34-13-5-6-14-38(34)40-16-8-9-17-41(40)45/h1-25,27-29,48-49H,26H2. The maximum Gasteiger partial charge on any atom is 0.196 e. The molecule has 0 saturated carbocycles. The number of anilines is 4. The van der Waals surface area contributed by atoms with Crippen LogP contribution in [-0.2, 0) is 6.42 Å². The Morgan fingerprint density at radius 3 is 2.10 bits per heavy atom. The summed E-state index contributed by atoms with van der Waals surface area (Å²) in [5, 5.41) is 13.2. The lowest BCUT2D eigenvalue weighted by Gasteiger charge is -2.28. The molecule has 51 heavy (non-hydrogen) atoms. The zero-order chi connectivity index (χ0) is 33.5. The van der Waals surface area contributed by atoms with Crippen LogP contribution in [0.15, 0.2) is 170 Å². The van der Waals surface area contributed by atoms with Gasteiger partial charge in [-0.1, -0.05) is 133 Å². The number of ether oxygens (including phenoxy) is 1. The van der Waals surface area contributed by atoms with Gasteiger partial charge in [0.25, 0.3) is 0 Å². The van der Waals surface area contributed by atoms with E-state index in [-0.39, 0.29) is 6.23 Å². The van der Waals surface area contributed by atoms with Gasteiger partial charge in [-0.2, -0.15) is 0 Å². The van der Waals surface area contributed by atoms with Crippen molar-refractivity contribution in [3.05, 3.63) is 187 Å². The van der Waals surface area contributed by atoms with Gasteiger partial charge >= 0.3 is 0 Å². The molecule has 0 spiro atoms. The number of hydrogen-bond acceptors (Lipinski definition) is 3. The summed E-state index contributed by atoms with van der Waals surface area (Å²) in [5.41, 5.74) is 10.9. The molecule has 240 valence electrons. The highest BCUT2D eigenvalue weighted by atomic mass is 16.5. The third-order valence-electron chi connectivity index (χ3n) is 10.8. The molecule has 0 aromatic heterocycles. The van der Waals surface area contributed by atoms with E-state index in [1.165, 1.54) is 54.6 Å². The van der Waals surface area contributed by atoms with Crippen LogP contribution in [-0.4, -0.2) is 0 Å². The van der Waals surface area contributed by atoms with Gasteiger partial charge in [0.15, 0.2) is 12.0 Å². The summed E-state index contributed by atoms with van der Waals surface area (Å²) in [6, 6.07) is 61.9. The van der Waals surface area contributed by atoms with Crippen molar-refractivity contribution in [3.8, 4) is 16.9 Å². The fourth-order valence-electron chi connectivity index (χ4n) is 8.44. The van der Waals surface area contributed by atoms with E-state index in [1.807, 2.05) is 6.07 Å². The minimum Gasteiger partial charge on any atom is -0.464 e. The van der Waals surface area contributed by atoms with Crippen molar-refractivity contribution < 1.29 is 4.74 Å². The third-order valence-corrected chi connectivity index (χ3v) is 10.8. The highest BCUT2D eigenvalue weighted by Crippen LogP contribution is 2.49. The maximum atomic E-state index is 6.75. The molecule has 0 saturated heterocycles. The average Bonchev–Trinajstić information content (AvgIpc) is 3.80. The number of rotatable bonds is 4. The van der Waals surface area contributed by atoms with Crippen molar-refractivity contribution in [2.24, 2.45) is 0 Å². The first kappa shape index (κ1) is 28.3. The minimum atomic E-state index is -0.236. The van der Waals surface area contributed by atoms with Crippen LogP contribution in [0.1, 0.15) is 22.9 Å². The van der Waals surface area contributed by atoms with E-state index in [9.17, 15) is 0 Å². The summed E-state index contributed by atoms with van der Waals surface area (Å²) in [6.45, 7) is 0. The van der Waals surface area contributed by atoms with Crippen LogP contribution >= 0.6 is 0 Å². The first-order valence-electron chi connectivity index (χ1n) is 17.7. The molecule has 2 aliphatic rings. The van der Waals surface area contributed by atoms with Gasteiger partial charge in [0.2, 0.25) is 0 Å². The van der Waals surface area contributed by atoms with Gasteiger partial charge in [-0.25, -0.2) is 0 Å². The molecule has 11 rings (SSSR count). The zero-order valence-electron chi connectivity index (χ0n) is 27.8. The Morgan fingerprint density at radius 2 is 1.18 bits per heavy atom. The van der Waals surface area contributed by atoms with Crippen molar-refractivity contribution in [2.45, 2.75) is 12.6 Å². The van der Waals surface area contributed by atoms with Gasteiger partial charge in [0.05, 0.1) is 11.4 Å². The molecule has 3 nitrogen and oxygen atoms in total. The van der Waals surface area contributed by atoms with Crippen LogP contribution in [0, 0.1) is 0 Å². The number of hydrogen-bond donors (Lipinski definition) is 1. The summed E-state index contributed by atoms with van der Waals surface area (Å²) in [5.74, 6) is 0.904. The van der Waals surface area contributed by atoms with E-state index in [1.54, 1.807) is 0 Å². The van der Waals surface area contributed by atoms with Crippen LogP contribution in [0.5, 0.6) is 5.75 Å². The van der Waals surface area contributed by atoms with E-state index in [0.29, 0.717) is 0 Å². The van der Waals surface area contributed by atoms with Crippen molar-refractivity contribution in [2.75, 3.05) is 10.2 Å². The van der Waals surface area contributed by atoms with Gasteiger partial charge in [0.1, 0.15) is 0 Å². The quantitative estimate of drug-likeness (QED) is 0.192. The third kappa shape index (κ3) is 4.38. The van der Waals surface area contributed by atoms with Crippen LogP contribution in [0.4, 0.5) is 22.7 Å². The molecule has 1 heterocycles. The summed E-state index contributed by atoms with van der Waals surface area (Å²) >= 11 is 0. The lowest BCUT2D eigenvalue weighted by Crippen LogP contribution is -2.11. The number of fused-ring (bicyclic) bond motifs is 11. The van der Waals surface area contributed by atoms with E-state index in [2.05, 4.69) is 174 Å². The first-order chi connectivity index (χ1) is 25.3. The minimum absolute atomic E-state index is 0.236. The molecule has 1 aliphatic carbocycles. The zero-order valence-corrected chi connectivity index (χ0v) is 27.8. The highest BCUT2D eigenvalue weighted by Gasteiger charge is 2.27. The lowest BCUT2D eigenvalue weighted by molar-refractivity contribution is 0.263. The molecule has 9 aromatic rings. The normalized spacial score (nSPS) is 14.3. The van der Waals surface area contributed by atoms with Crippen LogP contribution in [0.2, 0.25) is 0 Å². The molecular weight excluding hydrogens is 621 g/mol. The molecule has 1 atom stereocenters. The fourth-order valence-corrected chi connectivity index (χ4v) is 8.44. The molecule has 3 heteroatoms. The number of nitrogens with zero attached hydrogens (tertiary/aromatic N) is 1. The van der Waals surface area contributed by atoms with E-state index in [0.717, 1.165) is 51.3 Å². The average molecular weight is 653 g/mol. The number of benzene rings is 9. The SMILES string of the molecule is c1ccc(C2Nc3ccc4ccc5ccc(N(c6ccc7c(c6)-c6ccccc6C7)c6cc7ccccc7c7ccccc67)cc5c4c3O2)cc1. The molecule has 1 N–H and O–H groups in total. The van der Waals surface area contributed by atoms with Crippen LogP contribution in [0.3, 0.4) is 0 Å². The molecule has 0 radical (unpaired) electrons. The molecule has 1 unspecified atom stereocenters. The smallest absolute Gasteiger partial charge is 0.196 e. The fraction of sp³-hybridized carbons (Fsp3) is 0.0417. The van der Waals surface area contributed by atoms with Gasteiger partial charge in [-0.05, 0) is 97.4 Å². The Hall–Kier alpha value is -6.58. The second kappa shape index (κ2) is 11.0. The molecule has 1 aliphatic heterocycles. The summed E-state index contributed by atoms with van der Waals surface area (Å²) in [7, 11) is 0. The molecule has 9 aromatic carbocycles. The van der Waals surface area contributed by atoms with E-state index < -0.39 is 0 Å². The summed E-state index contributed by atoms with van der Waals surface area (Å²) in [4.78, 5) is 2.46. The number of nitrogens with one attached hydrogen (secondary N) is 1. The molecule has 0 amide bonds. The summed E-state index contributed by atoms with van der Waals surface area (Å²) < 4.78 is 6.75. The largest absolute Gasteiger partial charge is 0.464 e. The Morgan fingerprint density at radius 1 is 0.490 bits per heavy atom. The van der Waals surface area contributed by atoms with Crippen LogP contribution in [0.25, 0.3) is 54.2 Å². The second-order valence-electron chi connectivity index (χ2n) is 13.7. The summed E-state index contributed by atoms with van der Waals surface area (Å²) in [6.07, 6.45) is 0.732. The van der Waals surface area contributed by atoms with Gasteiger partial charge < -0.3 is 15.0 Å².